The topological polar surface area (TPSA) is 37.3 Å². The zero-order chi connectivity index (χ0) is 6.69. The first-order valence-electron chi connectivity index (χ1n) is 2.74. The molecule has 0 aromatic rings. The Hall–Kier alpha value is -1.05. The summed E-state index contributed by atoms with van der Waals surface area (Å²) < 4.78 is 0. The molecule has 0 aromatic carbocycles. The van der Waals surface area contributed by atoms with Crippen LogP contribution in [0.2, 0.25) is 0 Å². The maximum absolute atomic E-state index is 10.2. The van der Waals surface area contributed by atoms with Gasteiger partial charge >= 0.3 is 5.97 Å². The van der Waals surface area contributed by atoms with E-state index >= 15 is 0 Å². The molecule has 0 aromatic heterocycles. The predicted octanol–water partition coefficient (Wildman–Crippen LogP) is 1.16. The number of carbonyl (C=O) groups is 1. The molecule has 0 heterocycles. The molecule has 0 unspecified atom stereocenters. The van der Waals surface area contributed by atoms with E-state index in [2.05, 4.69) is 0 Å². The molecule has 2 heteroatoms. The van der Waals surface area contributed by atoms with Crippen molar-refractivity contribution in [2.45, 2.75) is 6.42 Å². The minimum absolute atomic E-state index is 0.387. The Bertz CT molecular complexity index is 177. The van der Waals surface area contributed by atoms with Gasteiger partial charge < -0.3 is 5.11 Å². The maximum Gasteiger partial charge on any atom is 0.335 e. The molecule has 0 amide bonds. The van der Waals surface area contributed by atoms with Crippen molar-refractivity contribution in [1.29, 1.82) is 0 Å². The molecule has 1 aliphatic carbocycles. The largest absolute Gasteiger partial charge is 0.478 e. The zero-order valence-electron chi connectivity index (χ0n) is 4.87. The SMILES string of the molecule is O=C(O)C1=CC[CH]C=C1. The molecule has 0 fully saturated rings. The Morgan fingerprint density at radius 2 is 2.44 bits per heavy atom. The third kappa shape index (κ3) is 1.42. The van der Waals surface area contributed by atoms with Gasteiger partial charge in [0, 0.05) is 0 Å². The second-order valence-electron chi connectivity index (χ2n) is 1.80. The quantitative estimate of drug-likeness (QED) is 0.568. The van der Waals surface area contributed by atoms with E-state index in [1.165, 1.54) is 0 Å². The monoisotopic (exact) mass is 123 g/mol. The molecule has 2 nitrogen and oxygen atoms in total. The molecular weight excluding hydrogens is 116 g/mol. The molecule has 1 radical (unpaired) electrons. The first-order chi connectivity index (χ1) is 4.30. The van der Waals surface area contributed by atoms with Gasteiger partial charge in [0.15, 0.2) is 0 Å². The molecule has 1 rings (SSSR count). The van der Waals surface area contributed by atoms with Crippen molar-refractivity contribution >= 4 is 5.97 Å². The van der Waals surface area contributed by atoms with E-state index in [4.69, 9.17) is 5.11 Å². The Kier molecular flexibility index (Phi) is 1.68. The lowest BCUT2D eigenvalue weighted by molar-refractivity contribution is -0.132. The van der Waals surface area contributed by atoms with Crippen molar-refractivity contribution in [3.8, 4) is 0 Å². The molecule has 0 saturated carbocycles. The second-order valence-corrected chi connectivity index (χ2v) is 1.80. The zero-order valence-corrected chi connectivity index (χ0v) is 4.87. The van der Waals surface area contributed by atoms with E-state index in [9.17, 15) is 4.79 Å². The number of hydrogen-bond donors (Lipinski definition) is 1. The van der Waals surface area contributed by atoms with Crippen LogP contribution in [-0.2, 0) is 4.79 Å². The average molecular weight is 123 g/mol. The van der Waals surface area contributed by atoms with Crippen LogP contribution in [0.4, 0.5) is 0 Å². The van der Waals surface area contributed by atoms with Crippen LogP contribution in [0.3, 0.4) is 0 Å². The maximum atomic E-state index is 10.2. The highest BCUT2D eigenvalue weighted by atomic mass is 16.4. The van der Waals surface area contributed by atoms with Crippen molar-refractivity contribution in [3.05, 3.63) is 30.2 Å². The Morgan fingerprint density at radius 1 is 1.67 bits per heavy atom. The summed E-state index contributed by atoms with van der Waals surface area (Å²) in [5.74, 6) is -0.848. The predicted molar refractivity (Wildman–Crippen MR) is 33.8 cm³/mol. The van der Waals surface area contributed by atoms with Gasteiger partial charge in [0.1, 0.15) is 0 Å². The van der Waals surface area contributed by atoms with Crippen LogP contribution in [0, 0.1) is 6.42 Å². The van der Waals surface area contributed by atoms with Crippen LogP contribution < -0.4 is 0 Å². The van der Waals surface area contributed by atoms with Gasteiger partial charge in [-0.25, -0.2) is 4.79 Å². The number of aliphatic carboxylic acids is 1. The summed E-state index contributed by atoms with van der Waals surface area (Å²) in [6, 6.07) is 0. The first kappa shape index (κ1) is 6.08. The summed E-state index contributed by atoms with van der Waals surface area (Å²) in [5.41, 5.74) is 0.387. The number of carboxylic acids is 1. The Morgan fingerprint density at radius 3 is 2.78 bits per heavy atom. The summed E-state index contributed by atoms with van der Waals surface area (Å²) in [7, 11) is 0. The lowest BCUT2D eigenvalue weighted by Gasteiger charge is -1.98. The van der Waals surface area contributed by atoms with Crippen molar-refractivity contribution < 1.29 is 9.90 Å². The van der Waals surface area contributed by atoms with Crippen LogP contribution in [0.25, 0.3) is 0 Å². The molecule has 9 heavy (non-hydrogen) atoms. The molecular formula is C7H7O2. The lowest BCUT2D eigenvalue weighted by Crippen LogP contribution is -1.99. The Labute approximate surface area is 53.5 Å². The van der Waals surface area contributed by atoms with E-state index in [-0.39, 0.29) is 0 Å². The van der Waals surface area contributed by atoms with Gasteiger partial charge in [-0.05, 0) is 12.8 Å². The molecule has 0 saturated heterocycles. The number of allylic oxidation sites excluding steroid dienone is 2. The fraction of sp³-hybridized carbons (Fsp3) is 0.143. The Balaban J connectivity index is 2.69. The normalized spacial score (nSPS) is 17.1. The average Bonchev–Trinajstić information content (AvgIpc) is 1.90. The van der Waals surface area contributed by atoms with E-state index in [0.29, 0.717) is 5.57 Å². The van der Waals surface area contributed by atoms with E-state index in [1.54, 1.807) is 18.2 Å². The fourth-order valence-corrected chi connectivity index (χ4v) is 0.672. The summed E-state index contributed by atoms with van der Waals surface area (Å²) in [6.07, 6.45) is 7.67. The first-order valence-corrected chi connectivity index (χ1v) is 2.74. The van der Waals surface area contributed by atoms with Crippen LogP contribution in [0.1, 0.15) is 6.42 Å². The van der Waals surface area contributed by atoms with Crippen LogP contribution in [0.5, 0.6) is 0 Å². The molecule has 47 valence electrons. The number of rotatable bonds is 1. The van der Waals surface area contributed by atoms with Crippen LogP contribution in [-0.4, -0.2) is 11.1 Å². The van der Waals surface area contributed by atoms with Gasteiger partial charge in [-0.3, -0.25) is 0 Å². The van der Waals surface area contributed by atoms with E-state index in [0.717, 1.165) is 6.42 Å². The van der Waals surface area contributed by atoms with Crippen molar-refractivity contribution in [2.24, 2.45) is 0 Å². The molecule has 0 spiro atoms. The smallest absolute Gasteiger partial charge is 0.335 e. The van der Waals surface area contributed by atoms with E-state index in [1.807, 2.05) is 6.42 Å². The fourth-order valence-electron chi connectivity index (χ4n) is 0.672. The van der Waals surface area contributed by atoms with Gasteiger partial charge in [-0.15, -0.1) is 0 Å². The van der Waals surface area contributed by atoms with Crippen molar-refractivity contribution in [3.63, 3.8) is 0 Å². The molecule has 0 aliphatic heterocycles. The van der Waals surface area contributed by atoms with Gasteiger partial charge in [-0.2, -0.15) is 0 Å². The van der Waals surface area contributed by atoms with Crippen molar-refractivity contribution in [2.75, 3.05) is 0 Å². The summed E-state index contributed by atoms with van der Waals surface area (Å²) in [4.78, 5) is 10.2. The standard InChI is InChI=1S/C7H7O2/c8-7(9)6-4-2-1-3-5-6/h1-2,4-5H,3H2,(H,8,9). The minimum atomic E-state index is -0.848. The summed E-state index contributed by atoms with van der Waals surface area (Å²) in [5, 5.41) is 8.40. The molecule has 0 bridgehead atoms. The number of hydrogen-bond acceptors (Lipinski definition) is 1. The lowest BCUT2D eigenvalue weighted by atomic mass is 10.1. The van der Waals surface area contributed by atoms with Crippen LogP contribution >= 0.6 is 0 Å². The van der Waals surface area contributed by atoms with Gasteiger partial charge in [0.2, 0.25) is 0 Å². The minimum Gasteiger partial charge on any atom is -0.478 e. The third-order valence-electron chi connectivity index (χ3n) is 1.13. The third-order valence-corrected chi connectivity index (χ3v) is 1.13. The summed E-state index contributed by atoms with van der Waals surface area (Å²) in [6.45, 7) is 0. The second kappa shape index (κ2) is 2.49. The highest BCUT2D eigenvalue weighted by Gasteiger charge is 2.03. The number of carboxylic acid groups (broad SMARTS) is 1. The van der Waals surface area contributed by atoms with Crippen LogP contribution in [0.15, 0.2) is 23.8 Å². The van der Waals surface area contributed by atoms with Gasteiger partial charge in [-0.1, -0.05) is 18.2 Å². The highest BCUT2D eigenvalue weighted by Crippen LogP contribution is 2.07. The van der Waals surface area contributed by atoms with E-state index < -0.39 is 5.97 Å². The van der Waals surface area contributed by atoms with Crippen molar-refractivity contribution in [1.82, 2.24) is 0 Å². The van der Waals surface area contributed by atoms with Gasteiger partial charge in [0.25, 0.3) is 0 Å². The highest BCUT2D eigenvalue weighted by molar-refractivity contribution is 5.90. The molecule has 1 N–H and O–H groups in total. The summed E-state index contributed by atoms with van der Waals surface area (Å²) >= 11 is 0. The van der Waals surface area contributed by atoms with Gasteiger partial charge in [0.05, 0.1) is 5.57 Å². The molecule has 1 aliphatic rings. The molecule has 0 atom stereocenters.